The Morgan fingerprint density at radius 1 is 1.21 bits per heavy atom. The van der Waals surface area contributed by atoms with Gasteiger partial charge in [-0.15, -0.1) is 12.4 Å². The molecule has 1 rings (SSSR count). The molecule has 2 N–H and O–H groups in total. The fraction of sp³-hybridized carbons (Fsp3) is 1.00. The molecule has 1 heterocycles. The highest BCUT2D eigenvalue weighted by Crippen LogP contribution is 2.39. The predicted octanol–water partition coefficient (Wildman–Crippen LogP) is 1.72. The van der Waals surface area contributed by atoms with Crippen molar-refractivity contribution in [3.05, 3.63) is 0 Å². The Balaban J connectivity index is 0.00000169. The Kier molecular flexibility index (Phi) is 4.68. The van der Waals surface area contributed by atoms with Crippen LogP contribution in [-0.2, 0) is 0 Å². The van der Waals surface area contributed by atoms with Gasteiger partial charge in [-0.2, -0.15) is 13.2 Å². The minimum absolute atomic E-state index is 0. The van der Waals surface area contributed by atoms with Crippen molar-refractivity contribution >= 4 is 12.4 Å². The Labute approximate surface area is 87.3 Å². The Bertz CT molecular complexity index is 178. The van der Waals surface area contributed by atoms with Crippen molar-refractivity contribution in [1.82, 2.24) is 5.32 Å². The zero-order chi connectivity index (χ0) is 10.1. The molecule has 1 aliphatic heterocycles. The van der Waals surface area contributed by atoms with E-state index in [1.165, 1.54) is 0 Å². The molecule has 0 aromatic heterocycles. The predicted molar refractivity (Wildman–Crippen MR) is 49.5 cm³/mol. The monoisotopic (exact) mass is 233 g/mol. The summed E-state index contributed by atoms with van der Waals surface area (Å²) in [6.45, 7) is 1.97. The molecule has 0 radical (unpaired) electrons. The summed E-state index contributed by atoms with van der Waals surface area (Å²) in [7, 11) is 0. The van der Waals surface area contributed by atoms with E-state index in [1.54, 1.807) is 0 Å². The quantitative estimate of drug-likeness (QED) is 0.723. The molecule has 0 aromatic carbocycles. The van der Waals surface area contributed by atoms with Crippen molar-refractivity contribution in [1.29, 1.82) is 0 Å². The van der Waals surface area contributed by atoms with Crippen LogP contribution in [0.25, 0.3) is 0 Å². The fourth-order valence-corrected chi connectivity index (χ4v) is 1.62. The third-order valence-electron chi connectivity index (χ3n) is 2.71. The first kappa shape index (κ1) is 14.0. The van der Waals surface area contributed by atoms with Gasteiger partial charge in [0.05, 0.1) is 0 Å². The largest absolute Gasteiger partial charge is 0.417 e. The number of rotatable bonds is 1. The molecule has 1 saturated heterocycles. The molecule has 0 aliphatic carbocycles. The summed E-state index contributed by atoms with van der Waals surface area (Å²) in [5.41, 5.74) is -2.53. The third kappa shape index (κ3) is 2.74. The van der Waals surface area contributed by atoms with Gasteiger partial charge >= 0.3 is 6.18 Å². The summed E-state index contributed by atoms with van der Waals surface area (Å²) in [6.07, 6.45) is -3.76. The standard InChI is InChI=1S/C8H14F3NO.ClH/c1-7(13,8(9,10)11)6-2-4-12-5-3-6;/h6,12-13H,2-5H2,1H3;1H. The number of hydrogen-bond acceptors (Lipinski definition) is 2. The second-order valence-corrected chi connectivity index (χ2v) is 3.67. The van der Waals surface area contributed by atoms with E-state index < -0.39 is 17.7 Å². The van der Waals surface area contributed by atoms with Gasteiger partial charge < -0.3 is 10.4 Å². The first-order chi connectivity index (χ1) is 5.86. The maximum Gasteiger partial charge on any atom is 0.417 e. The highest BCUT2D eigenvalue weighted by Gasteiger charge is 2.54. The van der Waals surface area contributed by atoms with Crippen LogP contribution in [0.15, 0.2) is 0 Å². The molecular weight excluding hydrogens is 219 g/mol. The molecule has 1 unspecified atom stereocenters. The van der Waals surface area contributed by atoms with Gasteiger partial charge in [-0.3, -0.25) is 0 Å². The topological polar surface area (TPSA) is 32.3 Å². The minimum Gasteiger partial charge on any atom is -0.380 e. The average Bonchev–Trinajstić information content (AvgIpc) is 2.04. The molecule has 1 atom stereocenters. The summed E-state index contributed by atoms with van der Waals surface area (Å²) in [5.74, 6) is -0.672. The van der Waals surface area contributed by atoms with E-state index in [0.717, 1.165) is 6.92 Å². The molecular formula is C8H15ClF3NO. The van der Waals surface area contributed by atoms with Gasteiger partial charge in [0.15, 0.2) is 5.60 Å². The summed E-state index contributed by atoms with van der Waals surface area (Å²) in [5, 5.41) is 12.3. The van der Waals surface area contributed by atoms with Gasteiger partial charge in [-0.25, -0.2) is 0 Å². The second-order valence-electron chi connectivity index (χ2n) is 3.67. The smallest absolute Gasteiger partial charge is 0.380 e. The molecule has 0 aromatic rings. The number of halogens is 4. The maximum absolute atomic E-state index is 12.3. The first-order valence-corrected chi connectivity index (χ1v) is 4.35. The summed E-state index contributed by atoms with van der Waals surface area (Å²) < 4.78 is 37.0. The van der Waals surface area contributed by atoms with Crippen molar-refractivity contribution in [3.63, 3.8) is 0 Å². The van der Waals surface area contributed by atoms with Crippen LogP contribution >= 0.6 is 12.4 Å². The first-order valence-electron chi connectivity index (χ1n) is 4.35. The molecule has 1 aliphatic rings. The van der Waals surface area contributed by atoms with Crippen LogP contribution < -0.4 is 5.32 Å². The number of alkyl halides is 3. The van der Waals surface area contributed by atoms with Crippen LogP contribution in [0.4, 0.5) is 13.2 Å². The molecule has 14 heavy (non-hydrogen) atoms. The SMILES string of the molecule is CC(O)(C1CCNCC1)C(F)(F)F.Cl. The van der Waals surface area contributed by atoms with E-state index >= 15 is 0 Å². The van der Waals surface area contributed by atoms with Gasteiger partial charge in [0.1, 0.15) is 0 Å². The summed E-state index contributed by atoms with van der Waals surface area (Å²) >= 11 is 0. The van der Waals surface area contributed by atoms with Crippen LogP contribution in [-0.4, -0.2) is 30.0 Å². The van der Waals surface area contributed by atoms with Crippen LogP contribution in [0.2, 0.25) is 0 Å². The lowest BCUT2D eigenvalue weighted by atomic mass is 9.82. The average molecular weight is 234 g/mol. The van der Waals surface area contributed by atoms with Crippen LogP contribution in [0.5, 0.6) is 0 Å². The van der Waals surface area contributed by atoms with Crippen molar-refractivity contribution in [2.45, 2.75) is 31.5 Å². The zero-order valence-corrected chi connectivity index (χ0v) is 8.71. The maximum atomic E-state index is 12.3. The van der Waals surface area contributed by atoms with E-state index in [2.05, 4.69) is 5.32 Å². The van der Waals surface area contributed by atoms with Gasteiger partial charge in [0, 0.05) is 0 Å². The fourth-order valence-electron chi connectivity index (χ4n) is 1.62. The second kappa shape index (κ2) is 4.68. The van der Waals surface area contributed by atoms with Gasteiger partial charge in [0.2, 0.25) is 0 Å². The van der Waals surface area contributed by atoms with Crippen molar-refractivity contribution < 1.29 is 18.3 Å². The lowest BCUT2D eigenvalue weighted by Gasteiger charge is -2.37. The minimum atomic E-state index is -4.52. The van der Waals surface area contributed by atoms with Crippen LogP contribution in [0, 0.1) is 5.92 Å². The van der Waals surface area contributed by atoms with Gasteiger partial charge in [-0.05, 0) is 38.8 Å². The molecule has 86 valence electrons. The number of aliphatic hydroxyl groups is 1. The molecule has 0 spiro atoms. The van der Waals surface area contributed by atoms with Crippen LogP contribution in [0.3, 0.4) is 0 Å². The zero-order valence-electron chi connectivity index (χ0n) is 7.90. The van der Waals surface area contributed by atoms with E-state index in [-0.39, 0.29) is 12.4 Å². The Morgan fingerprint density at radius 3 is 2.00 bits per heavy atom. The third-order valence-corrected chi connectivity index (χ3v) is 2.71. The lowest BCUT2D eigenvalue weighted by Crippen LogP contribution is -2.51. The number of hydrogen-bond donors (Lipinski definition) is 2. The normalized spacial score (nSPS) is 23.8. The van der Waals surface area contributed by atoms with Crippen LogP contribution in [0.1, 0.15) is 19.8 Å². The van der Waals surface area contributed by atoms with E-state index in [4.69, 9.17) is 0 Å². The lowest BCUT2D eigenvalue weighted by molar-refractivity contribution is -0.274. The van der Waals surface area contributed by atoms with E-state index in [9.17, 15) is 18.3 Å². The number of piperidine rings is 1. The van der Waals surface area contributed by atoms with Gasteiger partial charge in [0.25, 0.3) is 0 Å². The van der Waals surface area contributed by atoms with Gasteiger partial charge in [-0.1, -0.05) is 0 Å². The number of nitrogens with one attached hydrogen (secondary N) is 1. The van der Waals surface area contributed by atoms with E-state index in [0.29, 0.717) is 25.9 Å². The Hall–Kier alpha value is -0.0000000000000000555. The molecule has 2 nitrogen and oxygen atoms in total. The van der Waals surface area contributed by atoms with Crippen molar-refractivity contribution in [2.24, 2.45) is 5.92 Å². The summed E-state index contributed by atoms with van der Waals surface area (Å²) in [6, 6.07) is 0. The highest BCUT2D eigenvalue weighted by molar-refractivity contribution is 5.85. The molecule has 1 fully saturated rings. The molecule has 6 heteroatoms. The summed E-state index contributed by atoms with van der Waals surface area (Å²) in [4.78, 5) is 0. The molecule has 0 saturated carbocycles. The van der Waals surface area contributed by atoms with Crippen molar-refractivity contribution in [3.8, 4) is 0 Å². The van der Waals surface area contributed by atoms with E-state index in [1.807, 2.05) is 0 Å². The molecule has 0 bridgehead atoms. The highest BCUT2D eigenvalue weighted by atomic mass is 35.5. The van der Waals surface area contributed by atoms with Crippen molar-refractivity contribution in [2.75, 3.05) is 13.1 Å². The Morgan fingerprint density at radius 2 is 1.64 bits per heavy atom. The molecule has 0 amide bonds.